The van der Waals surface area contributed by atoms with E-state index in [1.54, 1.807) is 0 Å². The molecule has 0 unspecified atom stereocenters. The molecule has 0 spiro atoms. The van der Waals surface area contributed by atoms with Crippen molar-refractivity contribution < 1.29 is 0 Å². The zero-order valence-corrected chi connectivity index (χ0v) is 12.4. The zero-order valence-electron chi connectivity index (χ0n) is 11.7. The maximum absolute atomic E-state index is 6.16. The molecule has 0 aliphatic rings. The van der Waals surface area contributed by atoms with Crippen LogP contribution in [-0.4, -0.2) is 28.4 Å². The van der Waals surface area contributed by atoms with Crippen molar-refractivity contribution in [3.05, 3.63) is 34.2 Å². The van der Waals surface area contributed by atoms with Gasteiger partial charge in [-0.2, -0.15) is 0 Å². The Balaban J connectivity index is 2.72. The van der Waals surface area contributed by atoms with Gasteiger partial charge in [0.15, 0.2) is 0 Å². The van der Waals surface area contributed by atoms with E-state index in [1.807, 2.05) is 12.3 Å². The van der Waals surface area contributed by atoms with Gasteiger partial charge < -0.3 is 9.30 Å². The average molecular weight is 266 g/mol. The summed E-state index contributed by atoms with van der Waals surface area (Å²) in [6, 6.07) is 1.97. The second kappa shape index (κ2) is 4.90. The molecule has 0 N–H and O–H groups in total. The Morgan fingerprint density at radius 3 is 2.61 bits per heavy atom. The Labute approximate surface area is 113 Å². The normalized spacial score (nSPS) is 12.0. The lowest BCUT2D eigenvalue weighted by molar-refractivity contribution is 0.393. The van der Waals surface area contributed by atoms with E-state index >= 15 is 0 Å². The predicted octanol–water partition coefficient (Wildman–Crippen LogP) is 3.48. The summed E-state index contributed by atoms with van der Waals surface area (Å²) < 4.78 is 2.13. The van der Waals surface area contributed by atoms with Crippen molar-refractivity contribution in [3.8, 4) is 0 Å². The van der Waals surface area contributed by atoms with E-state index in [2.05, 4.69) is 44.2 Å². The van der Waals surface area contributed by atoms with Gasteiger partial charge in [0, 0.05) is 12.7 Å². The first kappa shape index (κ1) is 13.4. The van der Waals surface area contributed by atoms with Gasteiger partial charge in [0.25, 0.3) is 0 Å². The lowest BCUT2D eigenvalue weighted by Gasteiger charge is -2.13. The highest BCUT2D eigenvalue weighted by molar-refractivity contribution is 6.30. The van der Waals surface area contributed by atoms with Crippen molar-refractivity contribution in [2.24, 2.45) is 0 Å². The topological polar surface area (TPSA) is 20.5 Å². The molecule has 0 bridgehead atoms. The zero-order chi connectivity index (χ0) is 13.4. The first-order valence-corrected chi connectivity index (χ1v) is 6.59. The summed E-state index contributed by atoms with van der Waals surface area (Å²) in [6.45, 7) is 7.28. The largest absolute Gasteiger partial charge is 0.304 e. The highest BCUT2D eigenvalue weighted by Gasteiger charge is 2.17. The summed E-state index contributed by atoms with van der Waals surface area (Å²) in [7, 11) is 4.14. The first-order chi connectivity index (χ1) is 8.40. The van der Waals surface area contributed by atoms with Crippen molar-refractivity contribution >= 4 is 17.2 Å². The number of rotatable bonds is 3. The van der Waals surface area contributed by atoms with E-state index in [-0.39, 0.29) is 0 Å². The number of nitrogens with zero attached hydrogens (tertiary/aromatic N) is 3. The van der Waals surface area contributed by atoms with Gasteiger partial charge in [-0.15, -0.1) is 0 Å². The van der Waals surface area contributed by atoms with Crippen molar-refractivity contribution in [1.29, 1.82) is 0 Å². The second-order valence-electron chi connectivity index (χ2n) is 5.37. The average Bonchev–Trinajstić information content (AvgIpc) is 2.57. The van der Waals surface area contributed by atoms with Gasteiger partial charge in [-0.05, 0) is 38.6 Å². The lowest BCUT2D eigenvalue weighted by atomic mass is 10.1. The molecule has 2 rings (SSSR count). The quantitative estimate of drug-likeness (QED) is 0.847. The molecular formula is C14H20ClN3. The maximum atomic E-state index is 6.16. The molecule has 0 saturated heterocycles. The van der Waals surface area contributed by atoms with Crippen molar-refractivity contribution in [3.63, 3.8) is 0 Å². The van der Waals surface area contributed by atoms with Gasteiger partial charge in [-0.3, -0.25) is 0 Å². The lowest BCUT2D eigenvalue weighted by Crippen LogP contribution is -2.14. The SMILES string of the molecule is Cc1cc(Cl)cn2c(CN(C)C)c(C(C)C)nc12. The van der Waals surface area contributed by atoms with E-state index in [9.17, 15) is 0 Å². The fourth-order valence-electron chi connectivity index (χ4n) is 2.25. The number of aromatic nitrogens is 2. The van der Waals surface area contributed by atoms with Crippen molar-refractivity contribution in [2.75, 3.05) is 14.1 Å². The van der Waals surface area contributed by atoms with Gasteiger partial charge in [0.05, 0.1) is 16.4 Å². The number of hydrogen-bond donors (Lipinski definition) is 0. The molecular weight excluding hydrogens is 246 g/mol. The Hall–Kier alpha value is -1.06. The molecule has 0 radical (unpaired) electrons. The van der Waals surface area contributed by atoms with Gasteiger partial charge in [0.1, 0.15) is 5.65 Å². The summed E-state index contributed by atoms with van der Waals surface area (Å²) in [5, 5.41) is 0.757. The third-order valence-electron chi connectivity index (χ3n) is 3.01. The van der Waals surface area contributed by atoms with E-state index in [4.69, 9.17) is 16.6 Å². The van der Waals surface area contributed by atoms with Crippen LogP contribution in [0.5, 0.6) is 0 Å². The predicted molar refractivity (Wildman–Crippen MR) is 76.4 cm³/mol. The Morgan fingerprint density at radius 1 is 1.39 bits per heavy atom. The van der Waals surface area contributed by atoms with Crippen molar-refractivity contribution in [1.82, 2.24) is 14.3 Å². The molecule has 0 aliphatic carbocycles. The molecule has 2 aromatic rings. The van der Waals surface area contributed by atoms with E-state index < -0.39 is 0 Å². The third-order valence-corrected chi connectivity index (χ3v) is 3.22. The Morgan fingerprint density at radius 2 is 2.06 bits per heavy atom. The van der Waals surface area contributed by atoms with Crippen LogP contribution < -0.4 is 0 Å². The monoisotopic (exact) mass is 265 g/mol. The Kier molecular flexibility index (Phi) is 3.64. The van der Waals surface area contributed by atoms with Crippen LogP contribution in [0.1, 0.15) is 36.7 Å². The van der Waals surface area contributed by atoms with E-state index in [0.717, 1.165) is 28.5 Å². The molecule has 2 aromatic heterocycles. The number of aryl methyl sites for hydroxylation is 1. The van der Waals surface area contributed by atoms with Crippen LogP contribution in [0.4, 0.5) is 0 Å². The van der Waals surface area contributed by atoms with Crippen LogP contribution in [0.25, 0.3) is 5.65 Å². The van der Waals surface area contributed by atoms with Gasteiger partial charge in [-0.25, -0.2) is 4.98 Å². The number of halogens is 1. The molecule has 0 aromatic carbocycles. The van der Waals surface area contributed by atoms with Gasteiger partial charge in [-0.1, -0.05) is 25.4 Å². The van der Waals surface area contributed by atoms with Crippen molar-refractivity contribution in [2.45, 2.75) is 33.2 Å². The molecule has 3 nitrogen and oxygen atoms in total. The molecule has 98 valence electrons. The minimum Gasteiger partial charge on any atom is -0.304 e. The molecule has 0 saturated carbocycles. The second-order valence-corrected chi connectivity index (χ2v) is 5.81. The van der Waals surface area contributed by atoms with E-state index in [0.29, 0.717) is 5.92 Å². The molecule has 0 fully saturated rings. The van der Waals surface area contributed by atoms with Crippen LogP contribution in [-0.2, 0) is 6.54 Å². The molecule has 4 heteroatoms. The maximum Gasteiger partial charge on any atom is 0.140 e. The van der Waals surface area contributed by atoms with Crippen LogP contribution in [0, 0.1) is 6.92 Å². The van der Waals surface area contributed by atoms with Crippen LogP contribution >= 0.6 is 11.6 Å². The number of imidazole rings is 1. The van der Waals surface area contributed by atoms with E-state index in [1.165, 1.54) is 5.69 Å². The van der Waals surface area contributed by atoms with Crippen LogP contribution in [0.2, 0.25) is 5.02 Å². The minimum absolute atomic E-state index is 0.415. The highest BCUT2D eigenvalue weighted by atomic mass is 35.5. The number of hydrogen-bond acceptors (Lipinski definition) is 2. The fourth-order valence-corrected chi connectivity index (χ4v) is 2.51. The first-order valence-electron chi connectivity index (χ1n) is 6.22. The fraction of sp³-hybridized carbons (Fsp3) is 0.500. The summed E-state index contributed by atoms with van der Waals surface area (Å²) in [6.07, 6.45) is 1.96. The summed E-state index contributed by atoms with van der Waals surface area (Å²) in [5.74, 6) is 0.415. The van der Waals surface area contributed by atoms with Crippen LogP contribution in [0.3, 0.4) is 0 Å². The number of fused-ring (bicyclic) bond motifs is 1. The number of pyridine rings is 1. The minimum atomic E-state index is 0.415. The summed E-state index contributed by atoms with van der Waals surface area (Å²) in [5.41, 5.74) is 4.53. The molecule has 0 amide bonds. The smallest absolute Gasteiger partial charge is 0.140 e. The molecule has 0 aliphatic heterocycles. The molecule has 0 atom stereocenters. The third kappa shape index (κ3) is 2.38. The van der Waals surface area contributed by atoms with Gasteiger partial charge in [0.2, 0.25) is 0 Å². The van der Waals surface area contributed by atoms with Crippen LogP contribution in [0.15, 0.2) is 12.3 Å². The highest BCUT2D eigenvalue weighted by Crippen LogP contribution is 2.25. The van der Waals surface area contributed by atoms with Gasteiger partial charge >= 0.3 is 0 Å². The molecule has 18 heavy (non-hydrogen) atoms. The standard InChI is InChI=1S/C14H20ClN3/c1-9(2)13-12(8-17(4)5)18-7-11(15)6-10(3)14(18)16-13/h6-7,9H,8H2,1-5H3. The Bertz CT molecular complexity index is 570. The summed E-state index contributed by atoms with van der Waals surface area (Å²) in [4.78, 5) is 6.94. The molecule has 2 heterocycles. The summed E-state index contributed by atoms with van der Waals surface area (Å²) >= 11 is 6.16.